The number of aliphatic hydroxyl groups excluding tert-OH is 2. The van der Waals surface area contributed by atoms with Crippen LogP contribution in [0.2, 0.25) is 0 Å². The van der Waals surface area contributed by atoms with E-state index in [2.05, 4.69) is 37.2 Å². The van der Waals surface area contributed by atoms with Gasteiger partial charge >= 0.3 is 5.63 Å². The average Bonchev–Trinajstić information content (AvgIpc) is 3.40. The summed E-state index contributed by atoms with van der Waals surface area (Å²) < 4.78 is 22.8. The Morgan fingerprint density at radius 3 is 2.58 bits per heavy atom. The van der Waals surface area contributed by atoms with Crippen molar-refractivity contribution in [1.29, 1.82) is 0 Å². The minimum atomic E-state index is -1.06. The Morgan fingerprint density at radius 1 is 1.05 bits per heavy atom. The van der Waals surface area contributed by atoms with Crippen molar-refractivity contribution >= 4 is 21.9 Å². The van der Waals surface area contributed by atoms with Crippen molar-refractivity contribution < 1.29 is 28.5 Å². The highest BCUT2D eigenvalue weighted by Crippen LogP contribution is 2.35. The van der Waals surface area contributed by atoms with Gasteiger partial charge in [0, 0.05) is 12.1 Å². The van der Waals surface area contributed by atoms with Gasteiger partial charge in [0.2, 0.25) is 0 Å². The van der Waals surface area contributed by atoms with Gasteiger partial charge < -0.3 is 28.5 Å². The standard InChI is InChI=1S/C33H38O7/c1-5-7-8-9-10-11-12-15-24(34)16-13-14-17-25(6-2)40-33(3,4)30(35)23-38-32-26-18-19-31(36)39-29(26)22-28-27(32)20-21-37-28/h6,12,15,18-22,24-25,30,34-35H,2,5,7-11,23H2,1,3-4H3/t24-,25-,30+/m0/s1. The molecule has 212 valence electrons. The maximum absolute atomic E-state index is 11.7. The van der Waals surface area contributed by atoms with E-state index >= 15 is 0 Å². The zero-order chi connectivity index (χ0) is 29.0. The molecule has 0 unspecified atom stereocenters. The number of aliphatic hydroxyl groups is 2. The average molecular weight is 547 g/mol. The van der Waals surface area contributed by atoms with E-state index in [-0.39, 0.29) is 6.61 Å². The van der Waals surface area contributed by atoms with Crippen molar-refractivity contribution in [2.24, 2.45) is 0 Å². The number of ether oxygens (including phenoxy) is 2. The van der Waals surface area contributed by atoms with E-state index in [4.69, 9.17) is 18.3 Å². The first kappa shape index (κ1) is 30.8. The third-order valence-electron chi connectivity index (χ3n) is 6.43. The summed E-state index contributed by atoms with van der Waals surface area (Å²) in [4.78, 5) is 11.7. The van der Waals surface area contributed by atoms with Crippen LogP contribution < -0.4 is 10.4 Å². The summed E-state index contributed by atoms with van der Waals surface area (Å²) in [6.07, 6.45) is 11.0. The van der Waals surface area contributed by atoms with Crippen molar-refractivity contribution in [2.75, 3.05) is 6.61 Å². The number of hydrogen-bond donors (Lipinski definition) is 2. The molecule has 3 aromatic rings. The van der Waals surface area contributed by atoms with Gasteiger partial charge in [-0.05, 0) is 56.7 Å². The lowest BCUT2D eigenvalue weighted by atomic mass is 10.0. The van der Waals surface area contributed by atoms with E-state index in [1.165, 1.54) is 44.1 Å². The molecule has 2 aromatic heterocycles. The number of furan rings is 1. The lowest BCUT2D eigenvalue weighted by molar-refractivity contribution is -0.118. The van der Waals surface area contributed by atoms with Crippen LogP contribution in [0.4, 0.5) is 0 Å². The summed E-state index contributed by atoms with van der Waals surface area (Å²) >= 11 is 0. The van der Waals surface area contributed by atoms with E-state index < -0.39 is 29.5 Å². The Hall–Kier alpha value is -3.75. The third kappa shape index (κ3) is 8.89. The monoisotopic (exact) mass is 546 g/mol. The number of fused-ring (bicyclic) bond motifs is 2. The van der Waals surface area contributed by atoms with Crippen molar-refractivity contribution in [3.63, 3.8) is 0 Å². The van der Waals surface area contributed by atoms with Crippen LogP contribution >= 0.6 is 0 Å². The molecule has 0 fully saturated rings. The van der Waals surface area contributed by atoms with Crippen LogP contribution in [-0.4, -0.2) is 40.7 Å². The Bertz CT molecular complexity index is 1470. The summed E-state index contributed by atoms with van der Waals surface area (Å²) in [7, 11) is 0. The lowest BCUT2D eigenvalue weighted by Crippen LogP contribution is -2.44. The van der Waals surface area contributed by atoms with Crippen LogP contribution in [-0.2, 0) is 4.74 Å². The van der Waals surface area contributed by atoms with Gasteiger partial charge in [-0.2, -0.15) is 0 Å². The first-order valence-electron chi connectivity index (χ1n) is 13.7. The molecule has 0 amide bonds. The van der Waals surface area contributed by atoms with Gasteiger partial charge in [-0.1, -0.05) is 63.2 Å². The van der Waals surface area contributed by atoms with Gasteiger partial charge in [-0.15, -0.1) is 0 Å². The van der Waals surface area contributed by atoms with Crippen LogP contribution in [0.15, 0.2) is 69.0 Å². The van der Waals surface area contributed by atoms with E-state index in [1.54, 1.807) is 38.1 Å². The van der Waals surface area contributed by atoms with E-state index in [9.17, 15) is 15.0 Å². The van der Waals surface area contributed by atoms with Crippen LogP contribution in [0.3, 0.4) is 0 Å². The molecular weight excluding hydrogens is 508 g/mol. The fraction of sp³-hybridized carbons (Fsp3) is 0.424. The number of hydrogen-bond acceptors (Lipinski definition) is 7. The molecule has 40 heavy (non-hydrogen) atoms. The predicted octanol–water partition coefficient (Wildman–Crippen LogP) is 5.91. The molecule has 0 saturated heterocycles. The van der Waals surface area contributed by atoms with Crippen molar-refractivity contribution in [3.05, 3.63) is 65.8 Å². The Labute approximate surface area is 235 Å². The van der Waals surface area contributed by atoms with Crippen molar-refractivity contribution in [2.45, 2.75) is 83.2 Å². The molecule has 0 saturated carbocycles. The summed E-state index contributed by atoms with van der Waals surface area (Å²) in [5, 5.41) is 22.2. The zero-order valence-corrected chi connectivity index (χ0v) is 23.4. The highest BCUT2D eigenvalue weighted by Gasteiger charge is 2.32. The maximum Gasteiger partial charge on any atom is 0.336 e. The van der Waals surface area contributed by atoms with Crippen LogP contribution in [0.25, 0.3) is 21.9 Å². The van der Waals surface area contributed by atoms with Gasteiger partial charge in [0.25, 0.3) is 0 Å². The predicted molar refractivity (Wildman–Crippen MR) is 157 cm³/mol. The topological polar surface area (TPSA) is 102 Å². The number of rotatable bonds is 14. The van der Waals surface area contributed by atoms with Crippen molar-refractivity contribution in [3.8, 4) is 29.4 Å². The van der Waals surface area contributed by atoms with Crippen molar-refractivity contribution in [1.82, 2.24) is 0 Å². The van der Waals surface area contributed by atoms with Crippen LogP contribution in [0.1, 0.15) is 59.3 Å². The highest BCUT2D eigenvalue weighted by molar-refractivity contribution is 6.01. The minimum Gasteiger partial charge on any atom is -0.489 e. The Morgan fingerprint density at radius 2 is 1.80 bits per heavy atom. The van der Waals surface area contributed by atoms with Gasteiger partial charge in [0.15, 0.2) is 0 Å². The molecule has 7 nitrogen and oxygen atoms in total. The highest BCUT2D eigenvalue weighted by atomic mass is 16.5. The summed E-state index contributed by atoms with van der Waals surface area (Å²) in [5.41, 5.74) is -0.735. The smallest absolute Gasteiger partial charge is 0.336 e. The molecule has 2 heterocycles. The second-order valence-electron chi connectivity index (χ2n) is 10.0. The molecule has 0 aliphatic heterocycles. The zero-order valence-electron chi connectivity index (χ0n) is 23.4. The summed E-state index contributed by atoms with van der Waals surface area (Å²) in [6.45, 7) is 9.28. The molecule has 3 atom stereocenters. The summed E-state index contributed by atoms with van der Waals surface area (Å²) in [6, 6.07) is 6.30. The molecule has 0 bridgehead atoms. The quantitative estimate of drug-likeness (QED) is 0.112. The fourth-order valence-corrected chi connectivity index (χ4v) is 4.03. The van der Waals surface area contributed by atoms with Gasteiger partial charge in [0.05, 0.1) is 22.6 Å². The molecule has 0 aliphatic carbocycles. The first-order chi connectivity index (χ1) is 19.2. The molecule has 0 spiro atoms. The first-order valence-corrected chi connectivity index (χ1v) is 13.7. The van der Waals surface area contributed by atoms with E-state index in [0.717, 1.165) is 12.8 Å². The minimum absolute atomic E-state index is 0.111. The maximum atomic E-state index is 11.7. The van der Waals surface area contributed by atoms with E-state index in [1.807, 2.05) is 6.08 Å². The molecule has 3 rings (SSSR count). The van der Waals surface area contributed by atoms with Gasteiger partial charge in [-0.25, -0.2) is 4.79 Å². The number of benzene rings is 1. The molecule has 1 aromatic carbocycles. The second-order valence-corrected chi connectivity index (χ2v) is 10.0. The number of allylic oxidation sites excluding steroid dienone is 1. The number of unbranched alkanes of at least 4 members (excludes halogenated alkanes) is 5. The fourth-order valence-electron chi connectivity index (χ4n) is 4.03. The largest absolute Gasteiger partial charge is 0.489 e. The summed E-state index contributed by atoms with van der Waals surface area (Å²) in [5.74, 6) is 11.3. The third-order valence-corrected chi connectivity index (χ3v) is 6.43. The SMILES string of the molecule is C=C[C@@H](C#CC#C[C@@H](O)C=CCCCCCCC)OC(C)(C)[C@H](O)COc1c2ccoc2cc2oc(=O)ccc12. The molecule has 0 aliphatic rings. The second kappa shape index (κ2) is 15.1. The molecule has 0 radical (unpaired) electrons. The van der Waals surface area contributed by atoms with Gasteiger partial charge in [0.1, 0.15) is 41.8 Å². The van der Waals surface area contributed by atoms with Crippen LogP contribution in [0, 0.1) is 23.7 Å². The van der Waals surface area contributed by atoms with Gasteiger partial charge in [-0.3, -0.25) is 0 Å². The Kier molecular flexibility index (Phi) is 11.7. The molecule has 2 N–H and O–H groups in total. The molecule has 7 heteroatoms. The van der Waals surface area contributed by atoms with E-state index in [0.29, 0.717) is 27.7 Å². The normalized spacial score (nSPS) is 13.8. The Balaban J connectivity index is 1.57. The lowest BCUT2D eigenvalue weighted by Gasteiger charge is -2.32. The van der Waals surface area contributed by atoms with Crippen LogP contribution in [0.5, 0.6) is 5.75 Å². The molecular formula is C33H38O7.